The smallest absolute Gasteiger partial charge is 0.271 e. The second-order valence-electron chi connectivity index (χ2n) is 11.5. The lowest BCUT2D eigenvalue weighted by Crippen LogP contribution is -2.60. The van der Waals surface area contributed by atoms with E-state index in [4.69, 9.17) is 0 Å². The first-order chi connectivity index (χ1) is 17.9. The number of nitrogens with zero attached hydrogens (tertiary/aromatic N) is 5. The molecule has 1 aliphatic carbocycles. The van der Waals surface area contributed by atoms with Gasteiger partial charge in [-0.25, -0.2) is 9.78 Å². The van der Waals surface area contributed by atoms with Crippen LogP contribution >= 0.6 is 0 Å². The highest BCUT2D eigenvalue weighted by Crippen LogP contribution is 2.52. The van der Waals surface area contributed by atoms with Crippen molar-refractivity contribution in [2.45, 2.75) is 83.7 Å². The summed E-state index contributed by atoms with van der Waals surface area (Å²) in [5.74, 6) is 1.15. The fourth-order valence-electron chi connectivity index (χ4n) is 6.90. The van der Waals surface area contributed by atoms with Crippen LogP contribution in [-0.4, -0.2) is 30.0 Å². The molecule has 0 unspecified atom stereocenters. The van der Waals surface area contributed by atoms with E-state index in [0.29, 0.717) is 18.2 Å². The van der Waals surface area contributed by atoms with E-state index in [1.54, 1.807) is 0 Å². The van der Waals surface area contributed by atoms with Gasteiger partial charge in [0.25, 0.3) is 5.56 Å². The van der Waals surface area contributed by atoms with Gasteiger partial charge in [-0.1, -0.05) is 75.7 Å². The van der Waals surface area contributed by atoms with Crippen LogP contribution in [0.25, 0.3) is 22.5 Å². The van der Waals surface area contributed by atoms with Gasteiger partial charge in [0, 0.05) is 23.2 Å². The first-order valence-electron chi connectivity index (χ1n) is 13.7. The van der Waals surface area contributed by atoms with Crippen LogP contribution in [0.2, 0.25) is 0 Å². The first kappa shape index (κ1) is 23.9. The Morgan fingerprint density at radius 1 is 0.973 bits per heavy atom. The molecular weight excluding hydrogens is 460 g/mol. The van der Waals surface area contributed by atoms with Crippen LogP contribution in [0.1, 0.15) is 76.6 Å². The zero-order chi connectivity index (χ0) is 25.8. The van der Waals surface area contributed by atoms with Gasteiger partial charge in [-0.05, 0) is 72.1 Å². The summed E-state index contributed by atoms with van der Waals surface area (Å²) in [7, 11) is 0. The van der Waals surface area contributed by atoms with Crippen LogP contribution in [0.4, 0.5) is 0 Å². The van der Waals surface area contributed by atoms with Gasteiger partial charge < -0.3 is 0 Å². The molecule has 4 aromatic rings. The number of tetrazole rings is 1. The van der Waals surface area contributed by atoms with Gasteiger partial charge in [-0.3, -0.25) is 9.48 Å². The predicted octanol–water partition coefficient (Wildman–Crippen LogP) is 5.69. The average molecular weight is 497 g/mol. The van der Waals surface area contributed by atoms with Crippen molar-refractivity contribution in [3.05, 3.63) is 75.7 Å². The molecule has 1 N–H and O–H groups in total. The van der Waals surface area contributed by atoms with Crippen LogP contribution in [0.15, 0.2) is 53.3 Å². The van der Waals surface area contributed by atoms with Gasteiger partial charge in [0.05, 0.1) is 11.1 Å². The molecule has 0 radical (unpaired) electrons. The average Bonchev–Trinajstić information content (AvgIpc) is 3.54. The van der Waals surface area contributed by atoms with Crippen molar-refractivity contribution in [1.29, 1.82) is 0 Å². The molecule has 7 rings (SSSR count). The molecular formula is C30H36N6O. The lowest BCUT2D eigenvalue weighted by atomic mass is 9.66. The molecule has 0 amide bonds. The fourth-order valence-corrected chi connectivity index (χ4v) is 6.90. The molecule has 2 aromatic carbocycles. The van der Waals surface area contributed by atoms with E-state index in [9.17, 15) is 4.79 Å². The van der Waals surface area contributed by atoms with E-state index in [1.165, 1.54) is 18.5 Å². The Kier molecular flexibility index (Phi) is 5.70. The van der Waals surface area contributed by atoms with Crippen LogP contribution in [0.3, 0.4) is 0 Å². The van der Waals surface area contributed by atoms with Crippen molar-refractivity contribution in [2.24, 2.45) is 5.92 Å². The van der Waals surface area contributed by atoms with E-state index < -0.39 is 0 Å². The Balaban J connectivity index is 1.40. The van der Waals surface area contributed by atoms with Crippen molar-refractivity contribution >= 4 is 0 Å². The Hall–Kier alpha value is -3.48. The van der Waals surface area contributed by atoms with Crippen molar-refractivity contribution in [1.82, 2.24) is 30.0 Å². The predicted molar refractivity (Wildman–Crippen MR) is 145 cm³/mol. The maximum atomic E-state index is 14.1. The zero-order valence-corrected chi connectivity index (χ0v) is 22.3. The van der Waals surface area contributed by atoms with E-state index in [1.807, 2.05) is 18.2 Å². The number of H-pyrrole nitrogens is 1. The SMILES string of the molecule is CCCc1c(Cc2ccc(-c3ccccc3-c3nnn[nH]3)cc2)c(=O)n2n1C1(C(C)C)CCC2(C)CC1. The lowest BCUT2D eigenvalue weighted by molar-refractivity contribution is -0.0420. The molecule has 0 atom stereocenters. The highest BCUT2D eigenvalue weighted by atomic mass is 16.1. The minimum atomic E-state index is -0.0718. The summed E-state index contributed by atoms with van der Waals surface area (Å²) in [6.45, 7) is 9.19. The van der Waals surface area contributed by atoms with Crippen molar-refractivity contribution in [3.63, 3.8) is 0 Å². The minimum absolute atomic E-state index is 0.0583. The van der Waals surface area contributed by atoms with Crippen LogP contribution in [0, 0.1) is 5.92 Å². The molecule has 192 valence electrons. The summed E-state index contributed by atoms with van der Waals surface area (Å²) < 4.78 is 4.66. The van der Waals surface area contributed by atoms with Gasteiger partial charge in [-0.15, -0.1) is 5.10 Å². The monoisotopic (exact) mass is 496 g/mol. The molecule has 2 aromatic heterocycles. The number of benzene rings is 2. The summed E-state index contributed by atoms with van der Waals surface area (Å²) in [5.41, 5.74) is 6.76. The lowest BCUT2D eigenvalue weighted by Gasteiger charge is -2.56. The first-order valence-corrected chi connectivity index (χ1v) is 13.7. The third kappa shape index (κ3) is 3.62. The maximum Gasteiger partial charge on any atom is 0.271 e. The third-order valence-corrected chi connectivity index (χ3v) is 9.12. The van der Waals surface area contributed by atoms with Crippen LogP contribution < -0.4 is 5.56 Å². The second kappa shape index (κ2) is 8.82. The summed E-state index contributed by atoms with van der Waals surface area (Å²) in [6.07, 6.45) is 7.16. The normalized spacial score (nSPS) is 22.5. The molecule has 7 nitrogen and oxygen atoms in total. The second-order valence-corrected chi connectivity index (χ2v) is 11.5. The number of aromatic nitrogens is 6. The summed E-state index contributed by atoms with van der Waals surface area (Å²) in [6, 6.07) is 16.7. The Labute approximate surface area is 217 Å². The third-order valence-electron chi connectivity index (χ3n) is 9.12. The minimum Gasteiger partial charge on any atom is -0.279 e. The van der Waals surface area contributed by atoms with Gasteiger partial charge in [0.1, 0.15) is 0 Å². The highest BCUT2D eigenvalue weighted by Gasteiger charge is 2.53. The Bertz CT molecular complexity index is 1470. The number of hydrogen-bond donors (Lipinski definition) is 1. The van der Waals surface area contributed by atoms with E-state index in [2.05, 4.69) is 88.0 Å². The van der Waals surface area contributed by atoms with Crippen molar-refractivity contribution in [2.75, 3.05) is 0 Å². The number of aromatic amines is 1. The molecule has 7 heteroatoms. The molecule has 2 aliphatic heterocycles. The molecule has 0 spiro atoms. The molecule has 0 saturated heterocycles. The molecule has 1 fully saturated rings. The molecule has 1 saturated carbocycles. The summed E-state index contributed by atoms with van der Waals surface area (Å²) >= 11 is 0. The number of fused-ring (bicyclic) bond motifs is 2. The summed E-state index contributed by atoms with van der Waals surface area (Å²) in [5, 5.41) is 14.4. The highest BCUT2D eigenvalue weighted by molar-refractivity contribution is 5.80. The maximum absolute atomic E-state index is 14.1. The van der Waals surface area contributed by atoms with Gasteiger partial charge in [-0.2, -0.15) is 0 Å². The van der Waals surface area contributed by atoms with Crippen molar-refractivity contribution in [3.8, 4) is 22.5 Å². The van der Waals surface area contributed by atoms with Crippen LogP contribution in [-0.2, 0) is 23.9 Å². The molecule has 2 bridgehead atoms. The zero-order valence-electron chi connectivity index (χ0n) is 22.3. The van der Waals surface area contributed by atoms with E-state index in [-0.39, 0.29) is 16.6 Å². The van der Waals surface area contributed by atoms with Crippen molar-refractivity contribution < 1.29 is 0 Å². The van der Waals surface area contributed by atoms with Gasteiger partial charge in [0.15, 0.2) is 5.82 Å². The fraction of sp³-hybridized carbons (Fsp3) is 0.467. The number of rotatable bonds is 7. The molecule has 37 heavy (non-hydrogen) atoms. The number of hydrogen-bond acceptors (Lipinski definition) is 4. The number of nitrogens with one attached hydrogen (secondary N) is 1. The topological polar surface area (TPSA) is 81.4 Å². The standard InChI is InChI=1S/C30H36N6O/c1-5-8-26-25(28(37)36-29(4)15-17-30(18-16-29,20(2)3)35(26)36)19-21-11-13-22(14-12-21)23-9-6-7-10-24(23)27-31-33-34-32-27/h6-7,9-14,20H,5,8,15-19H2,1-4H3,(H,31,32,33,34). The Morgan fingerprint density at radius 3 is 2.30 bits per heavy atom. The summed E-state index contributed by atoms with van der Waals surface area (Å²) in [4.78, 5) is 14.1. The molecule has 4 heterocycles. The van der Waals surface area contributed by atoms with E-state index >= 15 is 0 Å². The quantitative estimate of drug-likeness (QED) is 0.356. The van der Waals surface area contributed by atoms with Crippen LogP contribution in [0.5, 0.6) is 0 Å². The largest absolute Gasteiger partial charge is 0.279 e. The van der Waals surface area contributed by atoms with Gasteiger partial charge in [0.2, 0.25) is 0 Å². The Morgan fingerprint density at radius 2 is 1.68 bits per heavy atom. The molecule has 3 aliphatic rings. The van der Waals surface area contributed by atoms with Gasteiger partial charge >= 0.3 is 0 Å². The van der Waals surface area contributed by atoms with E-state index in [0.717, 1.165) is 53.5 Å².